The zero-order chi connectivity index (χ0) is 39.0. The zero-order valence-corrected chi connectivity index (χ0v) is 37.8. The molecule has 4 atom stereocenters. The first-order chi connectivity index (χ1) is 26.4. The Bertz CT molecular complexity index is 2120. The number of hydrogen-bond donors (Lipinski definition) is 2. The van der Waals surface area contributed by atoms with E-state index in [1.54, 1.807) is 18.2 Å². The molecule has 4 aromatic rings. The second-order valence-electron chi connectivity index (χ2n) is 15.6. The van der Waals surface area contributed by atoms with E-state index in [1.807, 2.05) is 25.3 Å². The van der Waals surface area contributed by atoms with E-state index in [9.17, 15) is 19.2 Å². The van der Waals surface area contributed by atoms with Crippen molar-refractivity contribution < 1.29 is 28.7 Å². The molecule has 13 nitrogen and oxygen atoms in total. The Morgan fingerprint density at radius 2 is 1.90 bits per heavy atom. The molecule has 0 spiro atoms. The van der Waals surface area contributed by atoms with Crippen LogP contribution in [0.4, 0.5) is 0 Å². The number of nitrogens with zero attached hydrogens (tertiary/aromatic N) is 5. The van der Waals surface area contributed by atoms with Gasteiger partial charge >= 0.3 is 5.97 Å². The van der Waals surface area contributed by atoms with E-state index in [0.29, 0.717) is 50.4 Å². The van der Waals surface area contributed by atoms with Crippen LogP contribution >= 0.6 is 51.8 Å². The summed E-state index contributed by atoms with van der Waals surface area (Å²) < 4.78 is 14.2. The van der Waals surface area contributed by atoms with Crippen molar-refractivity contribution in [2.45, 2.75) is 91.5 Å². The van der Waals surface area contributed by atoms with Crippen LogP contribution in [0.3, 0.4) is 0 Å². The number of pyridine rings is 1. The van der Waals surface area contributed by atoms with Gasteiger partial charge in [0, 0.05) is 85.2 Å². The maximum atomic E-state index is 14.2. The van der Waals surface area contributed by atoms with Gasteiger partial charge in [0.2, 0.25) is 11.8 Å². The van der Waals surface area contributed by atoms with Gasteiger partial charge in [-0.3, -0.25) is 29.2 Å². The highest BCUT2D eigenvalue weighted by Crippen LogP contribution is 2.42. The smallest absolute Gasteiger partial charge is 0.324 e. The summed E-state index contributed by atoms with van der Waals surface area (Å²) in [5.41, 5.74) is 9.43. The quantitative estimate of drug-likeness (QED) is 0.233. The summed E-state index contributed by atoms with van der Waals surface area (Å²) in [6, 6.07) is 8.76. The predicted octanol–water partition coefficient (Wildman–Crippen LogP) is 5.41. The summed E-state index contributed by atoms with van der Waals surface area (Å²) in [4.78, 5) is 65.4. The Labute approximate surface area is 365 Å². The minimum Gasteiger partial charge on any atom is -0.464 e. The number of aryl methyl sites for hydroxylation is 1. The molecule has 2 N–H and O–H groups in total. The number of rotatable bonds is 7. The van der Waals surface area contributed by atoms with Crippen LogP contribution in [0.25, 0.3) is 33.4 Å². The summed E-state index contributed by atoms with van der Waals surface area (Å²) in [6.45, 7) is 12.3. The third kappa shape index (κ3) is 9.55. The first kappa shape index (κ1) is 47.1. The number of nitrogens with one attached hydrogen (secondary N) is 2. The van der Waals surface area contributed by atoms with Crippen molar-refractivity contribution in [3.63, 3.8) is 0 Å². The summed E-state index contributed by atoms with van der Waals surface area (Å²) in [7, 11) is 1.69. The lowest BCUT2D eigenvalue weighted by Gasteiger charge is -2.35. The Morgan fingerprint density at radius 1 is 1.12 bits per heavy atom. The van der Waals surface area contributed by atoms with Gasteiger partial charge in [0.1, 0.15) is 12.1 Å². The van der Waals surface area contributed by atoms with Crippen molar-refractivity contribution in [1.82, 2.24) is 35.2 Å². The SMILES string of the molecule is CCN1CC(C(=O)N[C@H]2Cc3nc(cs3)-c3ccc4c(c3)c(c(-c3cccnc3[C@H](C)OC)n4CC)CC(C)(C)COC(=O)[C@@H]3CCCN(N3)C2=O)CC1=O.S.S.S. The fourth-order valence-corrected chi connectivity index (χ4v) is 8.96. The number of cyclic esters (lactones) is 1. The van der Waals surface area contributed by atoms with Gasteiger partial charge in [0.05, 0.1) is 40.7 Å². The Hall–Kier alpha value is -3.61. The highest BCUT2D eigenvalue weighted by molar-refractivity contribution is 7.59. The number of amides is 3. The topological polar surface area (TPSA) is 148 Å². The molecule has 0 aliphatic carbocycles. The molecule has 3 amide bonds. The Kier molecular flexibility index (Phi) is 15.9. The molecule has 7 rings (SSSR count). The number of carbonyl (C=O) groups is 4. The molecule has 3 aliphatic rings. The van der Waals surface area contributed by atoms with E-state index in [-0.39, 0.29) is 83.8 Å². The number of esters is 1. The van der Waals surface area contributed by atoms with Crippen LogP contribution in [-0.4, -0.2) is 93.6 Å². The van der Waals surface area contributed by atoms with Crippen LogP contribution in [-0.2, 0) is 48.0 Å². The van der Waals surface area contributed by atoms with E-state index in [4.69, 9.17) is 19.4 Å². The molecule has 6 heterocycles. The number of ether oxygens (including phenoxy) is 2. The number of aromatic nitrogens is 3. The third-order valence-electron chi connectivity index (χ3n) is 11.1. The first-order valence-electron chi connectivity index (χ1n) is 19.3. The molecule has 3 aliphatic heterocycles. The number of methoxy groups -OCH3 is 1. The molecule has 17 heteroatoms. The van der Waals surface area contributed by atoms with Crippen molar-refractivity contribution in [2.24, 2.45) is 11.3 Å². The van der Waals surface area contributed by atoms with Crippen LogP contribution in [0.2, 0.25) is 0 Å². The third-order valence-corrected chi connectivity index (χ3v) is 12.0. The second kappa shape index (κ2) is 19.6. The lowest BCUT2D eigenvalue weighted by Crippen LogP contribution is -2.60. The maximum absolute atomic E-state index is 14.2. The van der Waals surface area contributed by atoms with Crippen LogP contribution in [0.15, 0.2) is 41.9 Å². The fraction of sp³-hybridized carbons (Fsp3) is 0.512. The standard InChI is InChI=1S/C41H51N7O6S.3H2S/c1-7-46-21-26(18-35(46)49)38(50)44-31-19-34-43-32(22-55-34)25-13-14-33-28(17-25)29(37(47(33)8-2)27-11-9-15-42-36(27)24(3)53-6)20-41(4,5)23-54-40(52)30-12-10-16-48(45-30)39(31)51;;;/h9,11,13-15,17,22,24,26,30-31,45H,7-8,10,12,16,18-21,23H2,1-6H3,(H,44,50);3*1H2/t24-,26?,30-,31-;;;/m0.../s1. The monoisotopic (exact) mass is 871 g/mol. The summed E-state index contributed by atoms with van der Waals surface area (Å²) in [5, 5.41) is 8.15. The lowest BCUT2D eigenvalue weighted by atomic mass is 9.84. The van der Waals surface area contributed by atoms with Gasteiger partial charge in [-0.15, -0.1) is 11.3 Å². The van der Waals surface area contributed by atoms with Crippen molar-refractivity contribution in [2.75, 3.05) is 33.4 Å². The number of likely N-dealkylation sites (tertiary alicyclic amines) is 1. The van der Waals surface area contributed by atoms with Gasteiger partial charge in [0.25, 0.3) is 5.91 Å². The van der Waals surface area contributed by atoms with E-state index >= 15 is 0 Å². The number of hydrazine groups is 1. The van der Waals surface area contributed by atoms with Gasteiger partial charge in [-0.1, -0.05) is 19.9 Å². The molecule has 0 saturated carbocycles. The normalized spacial score (nSPS) is 21.3. The van der Waals surface area contributed by atoms with Crippen LogP contribution in [0.5, 0.6) is 0 Å². The zero-order valence-electron chi connectivity index (χ0n) is 34.0. The molecule has 1 aromatic carbocycles. The molecular formula is C41H57N7O6S4. The van der Waals surface area contributed by atoms with Gasteiger partial charge in [0.15, 0.2) is 0 Å². The molecule has 0 radical (unpaired) electrons. The molecule has 58 heavy (non-hydrogen) atoms. The molecule has 2 saturated heterocycles. The summed E-state index contributed by atoms with van der Waals surface area (Å²) >= 11 is 1.44. The average Bonchev–Trinajstić information content (AvgIpc) is 3.90. The molecule has 2 fully saturated rings. The van der Waals surface area contributed by atoms with Crippen molar-refractivity contribution in [3.05, 3.63) is 58.2 Å². The summed E-state index contributed by atoms with van der Waals surface area (Å²) in [6.07, 6.45) is 3.51. The van der Waals surface area contributed by atoms with E-state index in [2.05, 4.69) is 60.3 Å². The largest absolute Gasteiger partial charge is 0.464 e. The van der Waals surface area contributed by atoms with Gasteiger partial charge in [-0.05, 0) is 69.9 Å². The van der Waals surface area contributed by atoms with Crippen LogP contribution in [0.1, 0.15) is 76.3 Å². The van der Waals surface area contributed by atoms with E-state index in [1.165, 1.54) is 16.3 Å². The molecule has 1 unspecified atom stereocenters. The number of thiazole rings is 1. The van der Waals surface area contributed by atoms with Crippen molar-refractivity contribution in [3.8, 4) is 22.5 Å². The first-order valence-corrected chi connectivity index (χ1v) is 20.2. The number of benzene rings is 1. The fourth-order valence-electron chi connectivity index (χ4n) is 8.11. The van der Waals surface area contributed by atoms with Crippen LogP contribution < -0.4 is 10.7 Å². The van der Waals surface area contributed by atoms with Crippen molar-refractivity contribution >= 4 is 86.4 Å². The Balaban J connectivity index is 0.00000248. The van der Waals surface area contributed by atoms with Gasteiger partial charge < -0.3 is 24.3 Å². The number of carbonyl (C=O) groups excluding carboxylic acids is 4. The van der Waals surface area contributed by atoms with E-state index in [0.717, 1.165) is 44.7 Å². The minimum absolute atomic E-state index is 0. The lowest BCUT2D eigenvalue weighted by molar-refractivity contribution is -0.155. The molecular weight excluding hydrogens is 815 g/mol. The Morgan fingerprint density at radius 3 is 2.60 bits per heavy atom. The highest BCUT2D eigenvalue weighted by atomic mass is 32.1. The molecule has 316 valence electrons. The molecule has 6 bridgehead atoms. The second-order valence-corrected chi connectivity index (χ2v) is 16.5. The van der Waals surface area contributed by atoms with Gasteiger partial charge in [-0.25, -0.2) is 10.4 Å². The predicted molar refractivity (Wildman–Crippen MR) is 241 cm³/mol. The van der Waals surface area contributed by atoms with Crippen LogP contribution in [0, 0.1) is 11.3 Å². The number of hydrogen-bond acceptors (Lipinski definition) is 10. The van der Waals surface area contributed by atoms with E-state index < -0.39 is 29.4 Å². The van der Waals surface area contributed by atoms with Crippen molar-refractivity contribution in [1.29, 1.82) is 0 Å². The highest BCUT2D eigenvalue weighted by Gasteiger charge is 2.38. The molecule has 3 aromatic heterocycles. The maximum Gasteiger partial charge on any atom is 0.324 e. The summed E-state index contributed by atoms with van der Waals surface area (Å²) in [5.74, 6) is -1.76. The average molecular weight is 872 g/mol. The van der Waals surface area contributed by atoms with Gasteiger partial charge in [-0.2, -0.15) is 40.5 Å². The number of fused-ring (bicyclic) bond motifs is 6. The minimum atomic E-state index is -0.962.